The summed E-state index contributed by atoms with van der Waals surface area (Å²) in [5, 5.41) is 0.620. The fraction of sp³-hybridized carbons (Fsp3) is 0.562. The highest BCUT2D eigenvalue weighted by Gasteiger charge is 2.16. The Kier molecular flexibility index (Phi) is 7.11. The van der Waals surface area contributed by atoms with Gasteiger partial charge in [0.2, 0.25) is 0 Å². The lowest BCUT2D eigenvalue weighted by Gasteiger charge is -2.27. The van der Waals surface area contributed by atoms with Crippen LogP contribution in [0.4, 0.5) is 0 Å². The van der Waals surface area contributed by atoms with Gasteiger partial charge in [-0.1, -0.05) is 44.0 Å². The van der Waals surface area contributed by atoms with Gasteiger partial charge in [-0.25, -0.2) is 0 Å². The summed E-state index contributed by atoms with van der Waals surface area (Å²) in [4.78, 5) is 14.6. The standard InChI is InChI=1S/C16H24ClNO/c1-4-6-10-18(13(3)5-2)12-16(19)14-8-7-9-15(17)11-14/h7-9,11,13H,4-6,10,12H2,1-3H3. The van der Waals surface area contributed by atoms with Crippen LogP contribution in [0.15, 0.2) is 24.3 Å². The van der Waals surface area contributed by atoms with Crippen molar-refractivity contribution in [3.63, 3.8) is 0 Å². The van der Waals surface area contributed by atoms with Crippen molar-refractivity contribution in [1.29, 1.82) is 0 Å². The fourth-order valence-corrected chi connectivity index (χ4v) is 2.20. The number of hydrogen-bond donors (Lipinski definition) is 0. The lowest BCUT2D eigenvalue weighted by Crippen LogP contribution is -2.37. The van der Waals surface area contributed by atoms with Gasteiger partial charge in [0.1, 0.15) is 0 Å². The smallest absolute Gasteiger partial charge is 0.176 e. The van der Waals surface area contributed by atoms with Gasteiger partial charge in [0, 0.05) is 16.6 Å². The van der Waals surface area contributed by atoms with Crippen molar-refractivity contribution >= 4 is 17.4 Å². The number of nitrogens with zero attached hydrogens (tertiary/aromatic N) is 1. The fourth-order valence-electron chi connectivity index (χ4n) is 2.01. The van der Waals surface area contributed by atoms with Gasteiger partial charge in [0.05, 0.1) is 6.54 Å². The first-order chi connectivity index (χ1) is 9.08. The Morgan fingerprint density at radius 2 is 2.11 bits per heavy atom. The van der Waals surface area contributed by atoms with E-state index in [1.165, 1.54) is 0 Å². The summed E-state index contributed by atoms with van der Waals surface area (Å²) in [5.41, 5.74) is 0.706. The van der Waals surface area contributed by atoms with Crippen molar-refractivity contribution in [2.45, 2.75) is 46.1 Å². The van der Waals surface area contributed by atoms with Crippen LogP contribution in [-0.2, 0) is 0 Å². The number of ketones is 1. The van der Waals surface area contributed by atoms with Gasteiger partial charge in [0.25, 0.3) is 0 Å². The third-order valence-electron chi connectivity index (χ3n) is 3.51. The van der Waals surface area contributed by atoms with E-state index >= 15 is 0 Å². The maximum Gasteiger partial charge on any atom is 0.176 e. The van der Waals surface area contributed by atoms with Crippen molar-refractivity contribution in [3.05, 3.63) is 34.9 Å². The molecular weight excluding hydrogens is 258 g/mol. The third kappa shape index (κ3) is 5.33. The van der Waals surface area contributed by atoms with Crippen LogP contribution in [0.25, 0.3) is 0 Å². The summed E-state index contributed by atoms with van der Waals surface area (Å²) in [7, 11) is 0. The van der Waals surface area contributed by atoms with Crippen LogP contribution >= 0.6 is 11.6 Å². The molecule has 0 N–H and O–H groups in total. The molecule has 0 saturated heterocycles. The van der Waals surface area contributed by atoms with Gasteiger partial charge in [-0.3, -0.25) is 9.69 Å². The summed E-state index contributed by atoms with van der Waals surface area (Å²) in [6.07, 6.45) is 3.35. The summed E-state index contributed by atoms with van der Waals surface area (Å²) >= 11 is 5.93. The molecule has 1 unspecified atom stereocenters. The Bertz CT molecular complexity index is 405. The second-order valence-corrected chi connectivity index (χ2v) is 5.45. The molecule has 0 aliphatic rings. The number of carbonyl (C=O) groups excluding carboxylic acids is 1. The highest BCUT2D eigenvalue weighted by Crippen LogP contribution is 2.13. The van der Waals surface area contributed by atoms with E-state index in [4.69, 9.17) is 11.6 Å². The number of unbranched alkanes of at least 4 members (excludes halogenated alkanes) is 1. The van der Waals surface area contributed by atoms with Crippen molar-refractivity contribution < 1.29 is 4.79 Å². The molecule has 0 fully saturated rings. The second kappa shape index (κ2) is 8.34. The zero-order chi connectivity index (χ0) is 14.3. The number of carbonyl (C=O) groups is 1. The zero-order valence-electron chi connectivity index (χ0n) is 12.2. The van der Waals surface area contributed by atoms with Crippen LogP contribution in [0.5, 0.6) is 0 Å². The molecule has 0 spiro atoms. The molecule has 2 nitrogen and oxygen atoms in total. The topological polar surface area (TPSA) is 20.3 Å². The normalized spacial score (nSPS) is 12.7. The van der Waals surface area contributed by atoms with E-state index in [2.05, 4.69) is 25.7 Å². The number of Topliss-reactive ketones (excluding diaryl/α,β-unsaturated/α-hetero) is 1. The van der Waals surface area contributed by atoms with E-state index in [0.29, 0.717) is 23.2 Å². The summed E-state index contributed by atoms with van der Waals surface area (Å²) in [5.74, 6) is 0.152. The van der Waals surface area contributed by atoms with E-state index in [0.717, 1.165) is 25.8 Å². The van der Waals surface area contributed by atoms with Crippen molar-refractivity contribution in [2.24, 2.45) is 0 Å². The molecule has 1 aromatic carbocycles. The lowest BCUT2D eigenvalue weighted by molar-refractivity contribution is 0.0894. The summed E-state index contributed by atoms with van der Waals surface area (Å²) in [6.45, 7) is 7.98. The molecule has 1 atom stereocenters. The zero-order valence-corrected chi connectivity index (χ0v) is 12.9. The monoisotopic (exact) mass is 281 g/mol. The first kappa shape index (κ1) is 16.2. The quantitative estimate of drug-likeness (QED) is 0.657. The van der Waals surface area contributed by atoms with Crippen molar-refractivity contribution in [1.82, 2.24) is 4.90 Å². The minimum Gasteiger partial charge on any atom is -0.293 e. The molecule has 106 valence electrons. The molecule has 0 aliphatic heterocycles. The average molecular weight is 282 g/mol. The molecule has 0 heterocycles. The van der Waals surface area contributed by atoms with E-state index in [1.807, 2.05) is 12.1 Å². The largest absolute Gasteiger partial charge is 0.293 e. The molecule has 0 bridgehead atoms. The Morgan fingerprint density at radius 1 is 1.37 bits per heavy atom. The van der Waals surface area contributed by atoms with Gasteiger partial charge >= 0.3 is 0 Å². The minimum absolute atomic E-state index is 0.152. The van der Waals surface area contributed by atoms with Gasteiger partial charge < -0.3 is 0 Å². The summed E-state index contributed by atoms with van der Waals surface area (Å²) < 4.78 is 0. The first-order valence-corrected chi connectivity index (χ1v) is 7.49. The van der Waals surface area contributed by atoms with Crippen LogP contribution in [0, 0.1) is 0 Å². The SMILES string of the molecule is CCCCN(CC(=O)c1cccc(Cl)c1)C(C)CC. The maximum absolute atomic E-state index is 12.3. The Balaban J connectivity index is 2.69. The molecule has 3 heteroatoms. The molecule has 0 saturated carbocycles. The van der Waals surface area contributed by atoms with E-state index < -0.39 is 0 Å². The second-order valence-electron chi connectivity index (χ2n) is 5.01. The minimum atomic E-state index is 0.152. The Morgan fingerprint density at radius 3 is 2.68 bits per heavy atom. The van der Waals surface area contributed by atoms with Crippen molar-refractivity contribution in [3.8, 4) is 0 Å². The Labute approximate surface area is 121 Å². The van der Waals surface area contributed by atoms with Gasteiger partial charge in [-0.15, -0.1) is 0 Å². The first-order valence-electron chi connectivity index (χ1n) is 7.11. The number of rotatable bonds is 8. The van der Waals surface area contributed by atoms with Crippen LogP contribution in [-0.4, -0.2) is 29.8 Å². The van der Waals surface area contributed by atoms with Gasteiger partial charge in [0.15, 0.2) is 5.78 Å². The van der Waals surface area contributed by atoms with Gasteiger partial charge in [-0.2, -0.15) is 0 Å². The average Bonchev–Trinajstić information content (AvgIpc) is 2.42. The number of benzene rings is 1. The van der Waals surface area contributed by atoms with Crippen LogP contribution in [0.3, 0.4) is 0 Å². The molecule has 0 aliphatic carbocycles. The summed E-state index contributed by atoms with van der Waals surface area (Å²) in [6, 6.07) is 7.65. The van der Waals surface area contributed by atoms with Crippen molar-refractivity contribution in [2.75, 3.05) is 13.1 Å². The number of hydrogen-bond acceptors (Lipinski definition) is 2. The van der Waals surface area contributed by atoms with Crippen LogP contribution < -0.4 is 0 Å². The van der Waals surface area contributed by atoms with E-state index in [9.17, 15) is 4.79 Å². The molecular formula is C16H24ClNO. The van der Waals surface area contributed by atoms with E-state index in [1.54, 1.807) is 12.1 Å². The van der Waals surface area contributed by atoms with E-state index in [-0.39, 0.29) is 5.78 Å². The van der Waals surface area contributed by atoms with Crippen LogP contribution in [0.1, 0.15) is 50.4 Å². The predicted octanol–water partition coefficient (Wildman–Crippen LogP) is 4.42. The molecule has 0 aromatic heterocycles. The van der Waals surface area contributed by atoms with Gasteiger partial charge in [-0.05, 0) is 38.4 Å². The maximum atomic E-state index is 12.3. The molecule has 1 rings (SSSR count). The molecule has 0 amide bonds. The lowest BCUT2D eigenvalue weighted by atomic mass is 10.1. The van der Waals surface area contributed by atoms with Crippen LogP contribution in [0.2, 0.25) is 5.02 Å². The molecule has 19 heavy (non-hydrogen) atoms. The third-order valence-corrected chi connectivity index (χ3v) is 3.74. The number of halogens is 1. The molecule has 0 radical (unpaired) electrons. The highest BCUT2D eigenvalue weighted by atomic mass is 35.5. The predicted molar refractivity (Wildman–Crippen MR) is 82.0 cm³/mol. The molecule has 1 aromatic rings. The Hall–Kier alpha value is -0.860. The highest BCUT2D eigenvalue weighted by molar-refractivity contribution is 6.31.